The number of hydrogen-bond donors (Lipinski definition) is 1. The lowest BCUT2D eigenvalue weighted by molar-refractivity contribution is -0.143. The van der Waals surface area contributed by atoms with E-state index in [4.69, 9.17) is 4.74 Å². The van der Waals surface area contributed by atoms with E-state index < -0.39 is 6.04 Å². The number of carbonyl (C=O) groups excluding carboxylic acids is 2. The minimum absolute atomic E-state index is 0.0474. The summed E-state index contributed by atoms with van der Waals surface area (Å²) in [5, 5.41) is 2.94. The molecule has 0 saturated carbocycles. The third-order valence-electron chi connectivity index (χ3n) is 4.72. The van der Waals surface area contributed by atoms with Gasteiger partial charge >= 0.3 is 0 Å². The van der Waals surface area contributed by atoms with E-state index in [1.807, 2.05) is 69.3 Å². The van der Waals surface area contributed by atoms with Gasteiger partial charge in [-0.15, -0.1) is 0 Å². The first-order chi connectivity index (χ1) is 13.3. The topological polar surface area (TPSA) is 58.6 Å². The van der Waals surface area contributed by atoms with Crippen LogP contribution in [0.2, 0.25) is 0 Å². The lowest BCUT2D eigenvalue weighted by Gasteiger charge is -2.30. The summed E-state index contributed by atoms with van der Waals surface area (Å²) in [6.07, 6.45) is 0. The summed E-state index contributed by atoms with van der Waals surface area (Å²) >= 11 is 0. The predicted molar refractivity (Wildman–Crippen MR) is 111 cm³/mol. The zero-order valence-electron chi connectivity index (χ0n) is 17.4. The summed E-state index contributed by atoms with van der Waals surface area (Å²) in [7, 11) is 1.62. The summed E-state index contributed by atoms with van der Waals surface area (Å²) < 4.78 is 5.18. The van der Waals surface area contributed by atoms with Gasteiger partial charge in [-0.1, -0.05) is 55.8 Å². The molecule has 1 atom stereocenters. The third kappa shape index (κ3) is 5.84. The molecule has 0 aliphatic rings. The van der Waals surface area contributed by atoms with E-state index in [1.165, 1.54) is 5.56 Å². The highest BCUT2D eigenvalue weighted by Crippen LogP contribution is 2.16. The Bertz CT molecular complexity index is 782. The van der Waals surface area contributed by atoms with Crippen LogP contribution in [-0.2, 0) is 22.7 Å². The summed E-state index contributed by atoms with van der Waals surface area (Å²) in [6, 6.07) is 15.0. The average molecular weight is 383 g/mol. The number of amides is 2. The van der Waals surface area contributed by atoms with Crippen LogP contribution in [0.5, 0.6) is 5.75 Å². The largest absolute Gasteiger partial charge is 0.497 e. The molecule has 28 heavy (non-hydrogen) atoms. The van der Waals surface area contributed by atoms with Crippen molar-refractivity contribution in [2.45, 2.75) is 46.8 Å². The van der Waals surface area contributed by atoms with E-state index >= 15 is 0 Å². The average Bonchev–Trinajstić information content (AvgIpc) is 2.70. The highest BCUT2D eigenvalue weighted by Gasteiger charge is 2.27. The highest BCUT2D eigenvalue weighted by atomic mass is 16.5. The molecular weight excluding hydrogens is 352 g/mol. The Kier molecular flexibility index (Phi) is 7.61. The lowest BCUT2D eigenvalue weighted by atomic mass is 10.1. The van der Waals surface area contributed by atoms with Gasteiger partial charge in [-0.25, -0.2) is 0 Å². The van der Waals surface area contributed by atoms with Gasteiger partial charge in [-0.2, -0.15) is 0 Å². The van der Waals surface area contributed by atoms with E-state index in [2.05, 4.69) is 5.32 Å². The van der Waals surface area contributed by atoms with Crippen molar-refractivity contribution >= 4 is 11.8 Å². The van der Waals surface area contributed by atoms with Crippen LogP contribution in [0.1, 0.15) is 37.5 Å². The molecule has 5 heteroatoms. The second-order valence-corrected chi connectivity index (χ2v) is 7.35. The van der Waals surface area contributed by atoms with E-state index in [1.54, 1.807) is 18.9 Å². The van der Waals surface area contributed by atoms with Gasteiger partial charge in [0.25, 0.3) is 0 Å². The second kappa shape index (κ2) is 9.93. The Hall–Kier alpha value is -2.82. The summed E-state index contributed by atoms with van der Waals surface area (Å²) in [6.45, 7) is 8.31. The first-order valence-electron chi connectivity index (χ1n) is 9.58. The molecule has 2 aromatic carbocycles. The molecule has 0 unspecified atom stereocenters. The van der Waals surface area contributed by atoms with Crippen LogP contribution < -0.4 is 10.1 Å². The number of nitrogens with one attached hydrogen (secondary N) is 1. The second-order valence-electron chi connectivity index (χ2n) is 7.35. The monoisotopic (exact) mass is 382 g/mol. The molecule has 0 fully saturated rings. The molecule has 0 radical (unpaired) electrons. The summed E-state index contributed by atoms with van der Waals surface area (Å²) in [5.41, 5.74) is 3.16. The number of carbonyl (C=O) groups is 2. The SMILES string of the molecule is COc1ccc(CN(C(=O)C(C)C)[C@H](C)C(=O)NCc2ccc(C)cc2)cc1. The van der Waals surface area contributed by atoms with Gasteiger partial charge in [-0.3, -0.25) is 9.59 Å². The van der Waals surface area contributed by atoms with Crippen molar-refractivity contribution in [3.05, 3.63) is 65.2 Å². The molecule has 2 amide bonds. The molecule has 2 aromatic rings. The number of hydrogen-bond acceptors (Lipinski definition) is 3. The number of benzene rings is 2. The Morgan fingerprint density at radius 2 is 1.54 bits per heavy atom. The molecule has 0 heterocycles. The molecule has 0 aromatic heterocycles. The molecular formula is C23H30N2O3. The first-order valence-corrected chi connectivity index (χ1v) is 9.58. The first kappa shape index (κ1) is 21.5. The molecule has 0 aliphatic heterocycles. The zero-order chi connectivity index (χ0) is 20.7. The molecule has 0 saturated heterocycles. The Labute approximate surface area is 167 Å². The number of ether oxygens (including phenoxy) is 1. The van der Waals surface area contributed by atoms with Crippen molar-refractivity contribution in [2.24, 2.45) is 5.92 Å². The quantitative estimate of drug-likeness (QED) is 0.757. The van der Waals surface area contributed by atoms with Crippen LogP contribution in [0.3, 0.4) is 0 Å². The lowest BCUT2D eigenvalue weighted by Crippen LogP contribution is -2.48. The van der Waals surface area contributed by atoms with Gasteiger partial charge < -0.3 is 15.0 Å². The Morgan fingerprint density at radius 1 is 0.964 bits per heavy atom. The van der Waals surface area contributed by atoms with Crippen molar-refractivity contribution in [3.8, 4) is 5.75 Å². The molecule has 150 valence electrons. The molecule has 5 nitrogen and oxygen atoms in total. The summed E-state index contributed by atoms with van der Waals surface area (Å²) in [4.78, 5) is 27.1. The smallest absolute Gasteiger partial charge is 0.242 e. The van der Waals surface area contributed by atoms with E-state index in [0.717, 1.165) is 16.9 Å². The van der Waals surface area contributed by atoms with Crippen molar-refractivity contribution in [1.82, 2.24) is 10.2 Å². The maximum atomic E-state index is 12.7. The van der Waals surface area contributed by atoms with Crippen LogP contribution in [0.4, 0.5) is 0 Å². The Morgan fingerprint density at radius 3 is 2.07 bits per heavy atom. The third-order valence-corrected chi connectivity index (χ3v) is 4.72. The maximum absolute atomic E-state index is 12.7. The summed E-state index contributed by atoms with van der Waals surface area (Å²) in [5.74, 6) is 0.358. The normalized spacial score (nSPS) is 11.8. The molecule has 0 aliphatic carbocycles. The van der Waals surface area contributed by atoms with Crippen LogP contribution in [0.25, 0.3) is 0 Å². The number of methoxy groups -OCH3 is 1. The van der Waals surface area contributed by atoms with Gasteiger partial charge in [0, 0.05) is 19.0 Å². The highest BCUT2D eigenvalue weighted by molar-refractivity contribution is 5.88. The minimum Gasteiger partial charge on any atom is -0.497 e. The fourth-order valence-corrected chi connectivity index (χ4v) is 2.85. The zero-order valence-corrected chi connectivity index (χ0v) is 17.4. The van der Waals surface area contributed by atoms with Crippen LogP contribution in [0.15, 0.2) is 48.5 Å². The van der Waals surface area contributed by atoms with Crippen LogP contribution in [0, 0.1) is 12.8 Å². The van der Waals surface area contributed by atoms with Gasteiger partial charge in [0.05, 0.1) is 7.11 Å². The maximum Gasteiger partial charge on any atom is 0.242 e. The van der Waals surface area contributed by atoms with E-state index in [0.29, 0.717) is 13.1 Å². The van der Waals surface area contributed by atoms with Crippen molar-refractivity contribution < 1.29 is 14.3 Å². The van der Waals surface area contributed by atoms with E-state index in [9.17, 15) is 9.59 Å². The molecule has 2 rings (SSSR count). The van der Waals surface area contributed by atoms with Gasteiger partial charge in [0.15, 0.2) is 0 Å². The molecule has 0 spiro atoms. The number of aryl methyl sites for hydroxylation is 1. The van der Waals surface area contributed by atoms with Gasteiger partial charge in [0.2, 0.25) is 11.8 Å². The minimum atomic E-state index is -0.567. The van der Waals surface area contributed by atoms with Crippen LogP contribution >= 0.6 is 0 Å². The van der Waals surface area contributed by atoms with Crippen molar-refractivity contribution in [3.63, 3.8) is 0 Å². The molecule has 1 N–H and O–H groups in total. The van der Waals surface area contributed by atoms with Gasteiger partial charge in [0.1, 0.15) is 11.8 Å². The number of nitrogens with zero attached hydrogens (tertiary/aromatic N) is 1. The van der Waals surface area contributed by atoms with Crippen molar-refractivity contribution in [2.75, 3.05) is 7.11 Å². The number of rotatable bonds is 8. The van der Waals surface area contributed by atoms with E-state index in [-0.39, 0.29) is 17.7 Å². The Balaban J connectivity index is 2.08. The van der Waals surface area contributed by atoms with Crippen molar-refractivity contribution in [1.29, 1.82) is 0 Å². The predicted octanol–water partition coefficient (Wildman–Crippen LogP) is 3.69. The van der Waals surface area contributed by atoms with Gasteiger partial charge in [-0.05, 0) is 37.1 Å². The standard InChI is InChI=1S/C23H30N2O3/c1-16(2)23(27)25(15-20-10-12-21(28-5)13-11-20)18(4)22(26)24-14-19-8-6-17(3)7-9-19/h6-13,16,18H,14-15H2,1-5H3,(H,24,26)/t18-/m1/s1. The van der Waals surface area contributed by atoms with Crippen LogP contribution in [-0.4, -0.2) is 29.9 Å². The fraction of sp³-hybridized carbons (Fsp3) is 0.391. The molecule has 0 bridgehead atoms. The fourth-order valence-electron chi connectivity index (χ4n) is 2.85.